The molecule has 3 rings (SSSR count). The van der Waals surface area contributed by atoms with Crippen LogP contribution < -0.4 is 5.32 Å². The highest BCUT2D eigenvalue weighted by Crippen LogP contribution is 2.47. The Bertz CT molecular complexity index is 789. The van der Waals surface area contributed by atoms with E-state index in [4.69, 9.17) is 0 Å². The lowest BCUT2D eigenvalue weighted by Gasteiger charge is -2.43. The fourth-order valence-corrected chi connectivity index (χ4v) is 3.43. The summed E-state index contributed by atoms with van der Waals surface area (Å²) in [5.74, 6) is -3.74. The van der Waals surface area contributed by atoms with Gasteiger partial charge in [0.1, 0.15) is 11.8 Å². The van der Waals surface area contributed by atoms with Gasteiger partial charge in [0.2, 0.25) is 11.8 Å². The van der Waals surface area contributed by atoms with Crippen LogP contribution in [0.3, 0.4) is 0 Å². The van der Waals surface area contributed by atoms with Crippen LogP contribution in [0.4, 0.5) is 0 Å². The van der Waals surface area contributed by atoms with Gasteiger partial charge in [0.05, 0.1) is 17.6 Å². The van der Waals surface area contributed by atoms with Crippen LogP contribution in [0.15, 0.2) is 60.7 Å². The Hall–Kier alpha value is -3.44. The van der Waals surface area contributed by atoms with Gasteiger partial charge in [-0.2, -0.15) is 10.5 Å². The van der Waals surface area contributed by atoms with Crippen LogP contribution in [0.5, 0.6) is 0 Å². The predicted octanol–water partition coefficient (Wildman–Crippen LogP) is 1.91. The second-order valence-electron chi connectivity index (χ2n) is 5.58. The fraction of sp³-hybridized carbons (Fsp3) is 0.158. The van der Waals surface area contributed by atoms with E-state index in [2.05, 4.69) is 5.32 Å². The minimum Gasteiger partial charge on any atom is -0.294 e. The Kier molecular flexibility index (Phi) is 3.85. The van der Waals surface area contributed by atoms with Crippen molar-refractivity contribution in [1.82, 2.24) is 5.32 Å². The number of imide groups is 1. The lowest BCUT2D eigenvalue weighted by molar-refractivity contribution is -0.140. The quantitative estimate of drug-likeness (QED) is 0.857. The molecule has 2 amide bonds. The van der Waals surface area contributed by atoms with Gasteiger partial charge in [0, 0.05) is 0 Å². The molecule has 5 heteroatoms. The van der Waals surface area contributed by atoms with E-state index < -0.39 is 29.1 Å². The monoisotopic (exact) mass is 315 g/mol. The Labute approximate surface area is 139 Å². The van der Waals surface area contributed by atoms with Crippen LogP contribution in [0, 0.1) is 34.5 Å². The summed E-state index contributed by atoms with van der Waals surface area (Å²) in [6, 6.07) is 21.7. The highest BCUT2D eigenvalue weighted by atomic mass is 16.2. The smallest absolute Gasteiger partial charge is 0.245 e. The van der Waals surface area contributed by atoms with Crippen LogP contribution in [-0.4, -0.2) is 11.8 Å². The summed E-state index contributed by atoms with van der Waals surface area (Å²) in [5.41, 5.74) is -0.152. The molecule has 2 atom stereocenters. The van der Waals surface area contributed by atoms with Gasteiger partial charge in [0.15, 0.2) is 0 Å². The van der Waals surface area contributed by atoms with Gasteiger partial charge in [-0.1, -0.05) is 60.7 Å². The van der Waals surface area contributed by atoms with Crippen molar-refractivity contribution < 1.29 is 9.59 Å². The minimum absolute atomic E-state index is 0.595. The summed E-state index contributed by atoms with van der Waals surface area (Å²) in [5, 5.41) is 21.5. The molecule has 0 bridgehead atoms. The number of rotatable bonds is 2. The molecule has 0 radical (unpaired) electrons. The molecule has 0 saturated carbocycles. The van der Waals surface area contributed by atoms with Gasteiger partial charge in [0.25, 0.3) is 0 Å². The molecule has 0 aliphatic carbocycles. The molecule has 1 aliphatic rings. The van der Waals surface area contributed by atoms with Crippen molar-refractivity contribution in [1.29, 1.82) is 10.5 Å². The molecule has 0 aromatic heterocycles. The summed E-state index contributed by atoms with van der Waals surface area (Å²) in [6.07, 6.45) is 0. The molecule has 2 aromatic carbocycles. The predicted molar refractivity (Wildman–Crippen MR) is 85.0 cm³/mol. The molecule has 5 nitrogen and oxygen atoms in total. The topological polar surface area (TPSA) is 93.8 Å². The summed E-state index contributed by atoms with van der Waals surface area (Å²) in [7, 11) is 0. The highest BCUT2D eigenvalue weighted by molar-refractivity contribution is 6.05. The third-order valence-corrected chi connectivity index (χ3v) is 4.44. The van der Waals surface area contributed by atoms with E-state index in [1.807, 2.05) is 12.1 Å². The van der Waals surface area contributed by atoms with Crippen molar-refractivity contribution in [2.45, 2.75) is 5.41 Å². The van der Waals surface area contributed by atoms with E-state index in [0.29, 0.717) is 11.1 Å². The van der Waals surface area contributed by atoms with E-state index in [-0.39, 0.29) is 0 Å². The third-order valence-electron chi connectivity index (χ3n) is 4.44. The number of nitrogens with one attached hydrogen (secondary N) is 1. The zero-order chi connectivity index (χ0) is 17.2. The van der Waals surface area contributed by atoms with Gasteiger partial charge < -0.3 is 0 Å². The number of nitrogens with zero attached hydrogens (tertiary/aromatic N) is 2. The molecular formula is C19H13N3O2. The Morgan fingerprint density at radius 2 is 1.12 bits per heavy atom. The Balaban J connectivity index is 2.42. The number of nitriles is 2. The van der Waals surface area contributed by atoms with E-state index in [1.165, 1.54) is 0 Å². The molecule has 0 unspecified atom stereocenters. The highest BCUT2D eigenvalue weighted by Gasteiger charge is 2.58. The molecule has 1 heterocycles. The van der Waals surface area contributed by atoms with Crippen LogP contribution in [0.25, 0.3) is 0 Å². The molecule has 1 saturated heterocycles. The second-order valence-corrected chi connectivity index (χ2v) is 5.58. The average Bonchev–Trinajstić information content (AvgIpc) is 2.62. The first kappa shape index (κ1) is 15.5. The standard InChI is InChI=1S/C19H13N3O2/c20-11-15-17(23)22-18(24)16(12-21)19(15,13-7-3-1-4-8-13)14-9-5-2-6-10-14/h1-10,15-16H,(H,22,23,24)/t15-,16+. The lowest BCUT2D eigenvalue weighted by Crippen LogP contribution is -2.60. The van der Waals surface area contributed by atoms with Crippen molar-refractivity contribution in [3.8, 4) is 12.1 Å². The third kappa shape index (κ3) is 2.07. The maximum absolute atomic E-state index is 12.4. The lowest BCUT2D eigenvalue weighted by atomic mass is 9.57. The molecule has 1 N–H and O–H groups in total. The summed E-state index contributed by atoms with van der Waals surface area (Å²) < 4.78 is 0. The number of hydrogen-bond acceptors (Lipinski definition) is 4. The zero-order valence-electron chi connectivity index (χ0n) is 12.6. The molecule has 116 valence electrons. The van der Waals surface area contributed by atoms with Crippen LogP contribution in [0.2, 0.25) is 0 Å². The normalized spacial score (nSPS) is 22.1. The van der Waals surface area contributed by atoms with Crippen molar-refractivity contribution in [3.63, 3.8) is 0 Å². The average molecular weight is 315 g/mol. The van der Waals surface area contributed by atoms with Crippen LogP contribution >= 0.6 is 0 Å². The van der Waals surface area contributed by atoms with Gasteiger partial charge in [-0.05, 0) is 11.1 Å². The zero-order valence-corrected chi connectivity index (χ0v) is 12.6. The minimum atomic E-state index is -1.34. The van der Waals surface area contributed by atoms with Gasteiger partial charge in [-0.15, -0.1) is 0 Å². The van der Waals surface area contributed by atoms with E-state index in [0.717, 1.165) is 0 Å². The maximum atomic E-state index is 12.4. The number of carbonyl (C=O) groups is 2. The maximum Gasteiger partial charge on any atom is 0.245 e. The van der Waals surface area contributed by atoms with Crippen molar-refractivity contribution in [3.05, 3.63) is 71.8 Å². The summed E-state index contributed by atoms with van der Waals surface area (Å²) in [6.45, 7) is 0. The number of piperidine rings is 1. The molecule has 24 heavy (non-hydrogen) atoms. The van der Waals surface area contributed by atoms with Gasteiger partial charge in [-0.3, -0.25) is 14.9 Å². The Morgan fingerprint density at radius 1 is 0.750 bits per heavy atom. The van der Waals surface area contributed by atoms with Gasteiger partial charge >= 0.3 is 0 Å². The molecular weight excluding hydrogens is 302 g/mol. The first-order valence-electron chi connectivity index (χ1n) is 7.41. The van der Waals surface area contributed by atoms with Crippen molar-refractivity contribution >= 4 is 11.8 Å². The summed E-state index contributed by atoms with van der Waals surface area (Å²) in [4.78, 5) is 24.8. The number of amides is 2. The largest absolute Gasteiger partial charge is 0.294 e. The van der Waals surface area contributed by atoms with Crippen LogP contribution in [0.1, 0.15) is 11.1 Å². The fourth-order valence-electron chi connectivity index (χ4n) is 3.43. The summed E-state index contributed by atoms with van der Waals surface area (Å²) >= 11 is 0. The van der Waals surface area contributed by atoms with Gasteiger partial charge in [-0.25, -0.2) is 0 Å². The second kappa shape index (κ2) is 5.98. The molecule has 1 aliphatic heterocycles. The first-order chi connectivity index (χ1) is 11.7. The number of benzene rings is 2. The number of hydrogen-bond donors (Lipinski definition) is 1. The number of carbonyl (C=O) groups excluding carboxylic acids is 2. The SMILES string of the molecule is N#C[C@@H]1C(=O)NC(=O)[C@H](C#N)C1(c1ccccc1)c1ccccc1. The molecule has 0 spiro atoms. The van der Waals surface area contributed by atoms with E-state index in [1.54, 1.807) is 60.7 Å². The van der Waals surface area contributed by atoms with Crippen LogP contribution in [-0.2, 0) is 15.0 Å². The van der Waals surface area contributed by atoms with E-state index in [9.17, 15) is 20.1 Å². The first-order valence-corrected chi connectivity index (χ1v) is 7.41. The van der Waals surface area contributed by atoms with Crippen molar-refractivity contribution in [2.75, 3.05) is 0 Å². The molecule has 2 aromatic rings. The molecule has 1 fully saturated rings. The Morgan fingerprint density at radius 3 is 1.46 bits per heavy atom. The van der Waals surface area contributed by atoms with E-state index >= 15 is 0 Å². The van der Waals surface area contributed by atoms with Crippen molar-refractivity contribution in [2.24, 2.45) is 11.8 Å².